The average Bonchev–Trinajstić information content (AvgIpc) is 2.34. The van der Waals surface area contributed by atoms with Crippen molar-refractivity contribution in [3.05, 3.63) is 12.7 Å². The number of carbonyl (C=O) groups excluding carboxylic acids is 1. The van der Waals surface area contributed by atoms with Gasteiger partial charge in [-0.1, -0.05) is 27.4 Å². The molecule has 100 valence electrons. The fourth-order valence-electron chi connectivity index (χ4n) is 1.31. The molecule has 0 saturated carbocycles. The second-order valence-electron chi connectivity index (χ2n) is 3.76. The summed E-state index contributed by atoms with van der Waals surface area (Å²) in [5.41, 5.74) is 0. The molecule has 0 aromatic carbocycles. The van der Waals surface area contributed by atoms with Crippen LogP contribution in [0, 0.1) is 0 Å². The molecule has 17 heavy (non-hydrogen) atoms. The standard InChI is InChI=1S/C13H24O4/c1-5-9-13(15-10-6-2,16-11-7-3)17-12(14)8-4/h8H,4-7,9-11H2,1-3H3. The Morgan fingerprint density at radius 1 is 1.12 bits per heavy atom. The SMILES string of the molecule is C=CC(=O)OC(CCC)(OCCC)OCCC. The highest BCUT2D eigenvalue weighted by atomic mass is 16.9. The molecule has 0 atom stereocenters. The van der Waals surface area contributed by atoms with Crippen molar-refractivity contribution in [2.45, 2.75) is 52.4 Å². The Morgan fingerprint density at radius 3 is 2.00 bits per heavy atom. The molecule has 4 nitrogen and oxygen atoms in total. The molecule has 0 bridgehead atoms. The van der Waals surface area contributed by atoms with Crippen molar-refractivity contribution >= 4 is 5.97 Å². The van der Waals surface area contributed by atoms with Crippen molar-refractivity contribution in [2.75, 3.05) is 13.2 Å². The van der Waals surface area contributed by atoms with E-state index < -0.39 is 11.9 Å². The summed E-state index contributed by atoms with van der Waals surface area (Å²) < 4.78 is 16.4. The predicted octanol–water partition coefficient (Wildman–Crippen LogP) is 3.02. The van der Waals surface area contributed by atoms with E-state index in [4.69, 9.17) is 14.2 Å². The number of esters is 1. The van der Waals surface area contributed by atoms with Gasteiger partial charge in [0.05, 0.1) is 13.2 Å². The molecular formula is C13H24O4. The van der Waals surface area contributed by atoms with Crippen LogP contribution in [0.5, 0.6) is 0 Å². The summed E-state index contributed by atoms with van der Waals surface area (Å²) in [4.78, 5) is 11.3. The second-order valence-corrected chi connectivity index (χ2v) is 3.76. The van der Waals surface area contributed by atoms with Gasteiger partial charge in [-0.15, -0.1) is 0 Å². The smallest absolute Gasteiger partial charge is 0.334 e. The maximum Gasteiger partial charge on any atom is 0.334 e. The lowest BCUT2D eigenvalue weighted by Gasteiger charge is -2.32. The van der Waals surface area contributed by atoms with Crippen LogP contribution in [0.25, 0.3) is 0 Å². The van der Waals surface area contributed by atoms with Gasteiger partial charge in [0, 0.05) is 12.5 Å². The van der Waals surface area contributed by atoms with Crippen LogP contribution in [0.15, 0.2) is 12.7 Å². The van der Waals surface area contributed by atoms with E-state index in [9.17, 15) is 4.79 Å². The zero-order valence-corrected chi connectivity index (χ0v) is 11.2. The molecule has 0 N–H and O–H groups in total. The van der Waals surface area contributed by atoms with Crippen LogP contribution < -0.4 is 0 Å². The Kier molecular flexibility index (Phi) is 8.72. The third kappa shape index (κ3) is 6.44. The normalized spacial score (nSPS) is 11.2. The molecule has 0 aromatic heterocycles. The minimum Gasteiger partial charge on any atom is -0.405 e. The first kappa shape index (κ1) is 16.1. The largest absolute Gasteiger partial charge is 0.405 e. The summed E-state index contributed by atoms with van der Waals surface area (Å²) in [5, 5.41) is 0. The first-order valence-electron chi connectivity index (χ1n) is 6.27. The number of hydrogen-bond acceptors (Lipinski definition) is 4. The number of carbonyl (C=O) groups is 1. The van der Waals surface area contributed by atoms with Crippen molar-refractivity contribution in [1.29, 1.82) is 0 Å². The van der Waals surface area contributed by atoms with E-state index in [2.05, 4.69) is 6.58 Å². The van der Waals surface area contributed by atoms with Gasteiger partial charge in [-0.3, -0.25) is 0 Å². The predicted molar refractivity (Wildman–Crippen MR) is 66.4 cm³/mol. The van der Waals surface area contributed by atoms with Gasteiger partial charge in [0.2, 0.25) is 0 Å². The van der Waals surface area contributed by atoms with Crippen LogP contribution in [-0.2, 0) is 19.0 Å². The lowest BCUT2D eigenvalue weighted by molar-refractivity contribution is -0.364. The molecule has 0 fully saturated rings. The molecular weight excluding hydrogens is 220 g/mol. The zero-order chi connectivity index (χ0) is 13.1. The van der Waals surface area contributed by atoms with Gasteiger partial charge in [0.1, 0.15) is 0 Å². The summed E-state index contributed by atoms with van der Waals surface area (Å²) in [7, 11) is 0. The molecule has 0 aliphatic heterocycles. The quantitative estimate of drug-likeness (QED) is 0.336. The van der Waals surface area contributed by atoms with E-state index in [-0.39, 0.29) is 0 Å². The number of rotatable bonds is 10. The fourth-order valence-corrected chi connectivity index (χ4v) is 1.31. The highest BCUT2D eigenvalue weighted by Gasteiger charge is 2.35. The summed E-state index contributed by atoms with van der Waals surface area (Å²) in [6.07, 6.45) is 4.12. The second kappa shape index (κ2) is 9.19. The van der Waals surface area contributed by atoms with Crippen LogP contribution >= 0.6 is 0 Å². The van der Waals surface area contributed by atoms with E-state index in [0.29, 0.717) is 19.6 Å². The van der Waals surface area contributed by atoms with Crippen molar-refractivity contribution in [3.63, 3.8) is 0 Å². The average molecular weight is 244 g/mol. The van der Waals surface area contributed by atoms with Gasteiger partial charge < -0.3 is 14.2 Å². The summed E-state index contributed by atoms with van der Waals surface area (Å²) >= 11 is 0. The number of ether oxygens (including phenoxy) is 3. The molecule has 0 aromatic rings. The van der Waals surface area contributed by atoms with Gasteiger partial charge in [0.25, 0.3) is 0 Å². The highest BCUT2D eigenvalue weighted by molar-refractivity contribution is 5.81. The molecule has 4 heteroatoms. The third-order valence-electron chi connectivity index (χ3n) is 2.03. The molecule has 0 aliphatic carbocycles. The Morgan fingerprint density at radius 2 is 1.65 bits per heavy atom. The Bertz CT molecular complexity index is 217. The zero-order valence-electron chi connectivity index (χ0n) is 11.2. The highest BCUT2D eigenvalue weighted by Crippen LogP contribution is 2.23. The van der Waals surface area contributed by atoms with Gasteiger partial charge in [-0.2, -0.15) is 0 Å². The van der Waals surface area contributed by atoms with E-state index in [1.165, 1.54) is 0 Å². The minimum atomic E-state index is -1.24. The molecule has 0 amide bonds. The van der Waals surface area contributed by atoms with Crippen LogP contribution in [0.4, 0.5) is 0 Å². The number of hydrogen-bond donors (Lipinski definition) is 0. The van der Waals surface area contributed by atoms with E-state index in [1.54, 1.807) is 0 Å². The van der Waals surface area contributed by atoms with E-state index >= 15 is 0 Å². The van der Waals surface area contributed by atoms with Crippen LogP contribution in [0.2, 0.25) is 0 Å². The fraction of sp³-hybridized carbons (Fsp3) is 0.769. The Labute approximate surface area is 104 Å². The Balaban J connectivity index is 4.65. The van der Waals surface area contributed by atoms with Crippen LogP contribution in [0.3, 0.4) is 0 Å². The van der Waals surface area contributed by atoms with Crippen molar-refractivity contribution in [1.82, 2.24) is 0 Å². The molecule has 0 saturated heterocycles. The summed E-state index contributed by atoms with van der Waals surface area (Å²) in [6.45, 7) is 10.3. The van der Waals surface area contributed by atoms with Gasteiger partial charge in [-0.25, -0.2) is 4.79 Å². The molecule has 0 heterocycles. The molecule has 0 unspecified atom stereocenters. The van der Waals surface area contributed by atoms with Gasteiger partial charge >= 0.3 is 11.9 Å². The van der Waals surface area contributed by atoms with Crippen LogP contribution in [-0.4, -0.2) is 25.2 Å². The van der Waals surface area contributed by atoms with Gasteiger partial charge in [-0.05, 0) is 19.3 Å². The van der Waals surface area contributed by atoms with Crippen molar-refractivity contribution in [2.24, 2.45) is 0 Å². The first-order valence-corrected chi connectivity index (χ1v) is 6.27. The van der Waals surface area contributed by atoms with E-state index in [1.807, 2.05) is 20.8 Å². The third-order valence-corrected chi connectivity index (χ3v) is 2.03. The lowest BCUT2D eigenvalue weighted by atomic mass is 10.3. The molecule has 0 radical (unpaired) electrons. The van der Waals surface area contributed by atoms with E-state index in [0.717, 1.165) is 25.3 Å². The van der Waals surface area contributed by atoms with Crippen molar-refractivity contribution in [3.8, 4) is 0 Å². The monoisotopic (exact) mass is 244 g/mol. The van der Waals surface area contributed by atoms with Gasteiger partial charge in [0.15, 0.2) is 0 Å². The lowest BCUT2D eigenvalue weighted by Crippen LogP contribution is -2.41. The Hall–Kier alpha value is -0.870. The minimum absolute atomic E-state index is 0.494. The molecule has 0 aliphatic rings. The van der Waals surface area contributed by atoms with Crippen molar-refractivity contribution < 1.29 is 19.0 Å². The summed E-state index contributed by atoms with van der Waals surface area (Å²) in [6, 6.07) is 0. The molecule has 0 spiro atoms. The maximum absolute atomic E-state index is 11.3. The molecule has 0 rings (SSSR count). The first-order chi connectivity index (χ1) is 8.14. The summed E-state index contributed by atoms with van der Waals surface area (Å²) in [5.74, 6) is -1.77. The van der Waals surface area contributed by atoms with Crippen LogP contribution in [0.1, 0.15) is 46.5 Å². The maximum atomic E-state index is 11.3. The topological polar surface area (TPSA) is 44.8 Å².